The summed E-state index contributed by atoms with van der Waals surface area (Å²) in [5.41, 5.74) is 1.74. The lowest BCUT2D eigenvalue weighted by Gasteiger charge is -2.17. The van der Waals surface area contributed by atoms with Crippen LogP contribution in [-0.2, 0) is 11.2 Å². The number of rotatable bonds is 6. The van der Waals surface area contributed by atoms with Gasteiger partial charge in [0.05, 0.1) is 5.92 Å². The number of hydrogen-bond acceptors (Lipinski definition) is 2. The number of halogens is 1. The molecule has 1 unspecified atom stereocenters. The molecule has 0 saturated carbocycles. The first-order valence-corrected chi connectivity index (χ1v) is 6.73. The van der Waals surface area contributed by atoms with E-state index in [4.69, 9.17) is 0 Å². The monoisotopic (exact) mass is 284 g/mol. The fourth-order valence-corrected chi connectivity index (χ4v) is 2.11. The molecule has 2 rings (SSSR count). The molecule has 108 valence electrons. The van der Waals surface area contributed by atoms with E-state index in [0.717, 1.165) is 11.1 Å². The van der Waals surface area contributed by atoms with Crippen LogP contribution < -0.4 is 5.32 Å². The van der Waals surface area contributed by atoms with Gasteiger partial charge in [0.2, 0.25) is 5.91 Å². The van der Waals surface area contributed by atoms with Gasteiger partial charge in [-0.1, -0.05) is 24.3 Å². The van der Waals surface area contributed by atoms with Crippen molar-refractivity contribution in [1.82, 2.24) is 10.3 Å². The fraction of sp³-hybridized carbons (Fsp3) is 0.176. The topological polar surface area (TPSA) is 42.0 Å². The van der Waals surface area contributed by atoms with Gasteiger partial charge in [-0.3, -0.25) is 9.78 Å². The maximum absolute atomic E-state index is 13.1. The molecule has 0 spiro atoms. The molecule has 1 aromatic carbocycles. The van der Waals surface area contributed by atoms with Gasteiger partial charge >= 0.3 is 0 Å². The lowest BCUT2D eigenvalue weighted by molar-refractivity contribution is -0.122. The van der Waals surface area contributed by atoms with E-state index in [9.17, 15) is 9.18 Å². The van der Waals surface area contributed by atoms with Crippen LogP contribution in [0.5, 0.6) is 0 Å². The van der Waals surface area contributed by atoms with Crippen molar-refractivity contribution in [2.75, 3.05) is 6.54 Å². The van der Waals surface area contributed by atoms with Crippen LogP contribution in [0.3, 0.4) is 0 Å². The lowest BCUT2D eigenvalue weighted by atomic mass is 9.91. The fourth-order valence-electron chi connectivity index (χ4n) is 2.11. The minimum absolute atomic E-state index is 0.106. The van der Waals surface area contributed by atoms with Gasteiger partial charge in [0, 0.05) is 18.9 Å². The Balaban J connectivity index is 2.23. The van der Waals surface area contributed by atoms with Gasteiger partial charge in [0.1, 0.15) is 5.82 Å². The molecule has 0 fully saturated rings. The molecule has 0 radical (unpaired) electrons. The van der Waals surface area contributed by atoms with E-state index >= 15 is 0 Å². The zero-order chi connectivity index (χ0) is 15.1. The summed E-state index contributed by atoms with van der Waals surface area (Å²) in [6.45, 7) is 3.99. The Morgan fingerprint density at radius 2 is 2.10 bits per heavy atom. The second-order valence-corrected chi connectivity index (χ2v) is 4.70. The highest BCUT2D eigenvalue weighted by molar-refractivity contribution is 5.84. The van der Waals surface area contributed by atoms with Crippen LogP contribution in [0.2, 0.25) is 0 Å². The number of aromatic nitrogens is 1. The number of benzene rings is 1. The first kappa shape index (κ1) is 14.9. The Morgan fingerprint density at radius 1 is 1.33 bits per heavy atom. The highest BCUT2D eigenvalue weighted by Gasteiger charge is 2.20. The molecule has 0 aliphatic rings. The zero-order valence-corrected chi connectivity index (χ0v) is 11.6. The van der Waals surface area contributed by atoms with Gasteiger partial charge < -0.3 is 5.32 Å². The molecule has 4 heteroatoms. The van der Waals surface area contributed by atoms with Crippen molar-refractivity contribution in [2.45, 2.75) is 12.3 Å². The number of nitrogens with zero attached hydrogens (tertiary/aromatic N) is 1. The van der Waals surface area contributed by atoms with Crippen LogP contribution in [-0.4, -0.2) is 17.4 Å². The first-order valence-electron chi connectivity index (χ1n) is 6.73. The number of nitrogens with one attached hydrogen (secondary N) is 1. The number of pyridine rings is 1. The summed E-state index contributed by atoms with van der Waals surface area (Å²) in [4.78, 5) is 16.4. The molecule has 3 nitrogen and oxygen atoms in total. The summed E-state index contributed by atoms with van der Waals surface area (Å²) in [6.07, 6.45) is 5.57. The van der Waals surface area contributed by atoms with E-state index < -0.39 is 0 Å². The lowest BCUT2D eigenvalue weighted by Crippen LogP contribution is -2.30. The van der Waals surface area contributed by atoms with Crippen molar-refractivity contribution in [3.05, 3.63) is 78.4 Å². The van der Waals surface area contributed by atoms with Gasteiger partial charge in [-0.25, -0.2) is 4.39 Å². The SMILES string of the molecule is C=CCNC(=O)C(Cc1cccnc1)c1ccc(F)cc1. The van der Waals surface area contributed by atoms with Gasteiger partial charge in [-0.15, -0.1) is 6.58 Å². The third-order valence-corrected chi connectivity index (χ3v) is 3.17. The molecule has 1 N–H and O–H groups in total. The predicted molar refractivity (Wildman–Crippen MR) is 80.3 cm³/mol. The second kappa shape index (κ2) is 7.33. The molecule has 21 heavy (non-hydrogen) atoms. The molecule has 0 aliphatic carbocycles. The van der Waals surface area contributed by atoms with E-state index in [1.54, 1.807) is 30.6 Å². The average Bonchev–Trinajstić information content (AvgIpc) is 2.52. The normalized spacial score (nSPS) is 11.7. The smallest absolute Gasteiger partial charge is 0.228 e. The van der Waals surface area contributed by atoms with Gasteiger partial charge in [0.25, 0.3) is 0 Å². The molecule has 0 saturated heterocycles. The number of amides is 1. The van der Waals surface area contributed by atoms with Crippen molar-refractivity contribution >= 4 is 5.91 Å². The van der Waals surface area contributed by atoms with Crippen LogP contribution in [0.25, 0.3) is 0 Å². The molecule has 0 aliphatic heterocycles. The molecular formula is C17H17FN2O. The number of carbonyl (C=O) groups is 1. The molecule has 0 bridgehead atoms. The average molecular weight is 284 g/mol. The summed E-state index contributed by atoms with van der Waals surface area (Å²) >= 11 is 0. The van der Waals surface area contributed by atoms with Crippen LogP contribution in [0.1, 0.15) is 17.0 Å². The summed E-state index contributed by atoms with van der Waals surface area (Å²) in [7, 11) is 0. The van der Waals surface area contributed by atoms with Gasteiger partial charge in [0.15, 0.2) is 0 Å². The largest absolute Gasteiger partial charge is 0.352 e. The van der Waals surface area contributed by atoms with Crippen LogP contribution >= 0.6 is 0 Å². The Hall–Kier alpha value is -2.49. The van der Waals surface area contributed by atoms with Crippen LogP contribution in [0.4, 0.5) is 4.39 Å². The van der Waals surface area contributed by atoms with E-state index in [0.29, 0.717) is 13.0 Å². The third kappa shape index (κ3) is 4.24. The van der Waals surface area contributed by atoms with E-state index in [1.165, 1.54) is 12.1 Å². The summed E-state index contributed by atoms with van der Waals surface area (Å²) in [5.74, 6) is -0.800. The van der Waals surface area contributed by atoms with Crippen molar-refractivity contribution in [2.24, 2.45) is 0 Å². The highest BCUT2D eigenvalue weighted by atomic mass is 19.1. The van der Waals surface area contributed by atoms with E-state index in [-0.39, 0.29) is 17.6 Å². The number of carbonyl (C=O) groups excluding carboxylic acids is 1. The van der Waals surface area contributed by atoms with Crippen molar-refractivity contribution in [3.8, 4) is 0 Å². The van der Waals surface area contributed by atoms with E-state index in [2.05, 4.69) is 16.9 Å². The summed E-state index contributed by atoms with van der Waals surface area (Å²) in [6, 6.07) is 9.77. The molecular weight excluding hydrogens is 267 g/mol. The number of hydrogen-bond donors (Lipinski definition) is 1. The Labute approximate surface area is 123 Å². The van der Waals surface area contributed by atoms with Crippen LogP contribution in [0.15, 0.2) is 61.4 Å². The van der Waals surface area contributed by atoms with E-state index in [1.807, 2.05) is 12.1 Å². The standard InChI is InChI=1S/C17H17FN2O/c1-2-9-20-17(21)16(11-13-4-3-10-19-12-13)14-5-7-15(18)8-6-14/h2-8,10,12,16H,1,9,11H2,(H,20,21). The predicted octanol–water partition coefficient (Wildman–Crippen LogP) is 2.85. The summed E-state index contributed by atoms with van der Waals surface area (Å²) < 4.78 is 13.1. The zero-order valence-electron chi connectivity index (χ0n) is 11.6. The molecule has 1 amide bonds. The second-order valence-electron chi connectivity index (χ2n) is 4.70. The quantitative estimate of drug-likeness (QED) is 0.829. The highest BCUT2D eigenvalue weighted by Crippen LogP contribution is 2.21. The van der Waals surface area contributed by atoms with Crippen molar-refractivity contribution < 1.29 is 9.18 Å². The summed E-state index contributed by atoms with van der Waals surface area (Å²) in [5, 5.41) is 2.79. The Morgan fingerprint density at radius 3 is 2.71 bits per heavy atom. The third-order valence-electron chi connectivity index (χ3n) is 3.17. The Kier molecular flexibility index (Phi) is 5.21. The minimum atomic E-state index is -0.380. The molecule has 1 aromatic heterocycles. The minimum Gasteiger partial charge on any atom is -0.352 e. The van der Waals surface area contributed by atoms with Crippen molar-refractivity contribution in [3.63, 3.8) is 0 Å². The molecule has 2 aromatic rings. The maximum atomic E-state index is 13.1. The van der Waals surface area contributed by atoms with Crippen molar-refractivity contribution in [1.29, 1.82) is 0 Å². The van der Waals surface area contributed by atoms with Crippen LogP contribution in [0, 0.1) is 5.82 Å². The van der Waals surface area contributed by atoms with Gasteiger partial charge in [-0.2, -0.15) is 0 Å². The van der Waals surface area contributed by atoms with Gasteiger partial charge in [-0.05, 0) is 35.7 Å². The maximum Gasteiger partial charge on any atom is 0.228 e. The Bertz CT molecular complexity index is 596. The first-order chi connectivity index (χ1) is 10.2. The molecule has 1 heterocycles. The molecule has 1 atom stereocenters.